The highest BCUT2D eigenvalue weighted by Crippen LogP contribution is 2.32. The Morgan fingerprint density at radius 1 is 1.31 bits per heavy atom. The fourth-order valence-corrected chi connectivity index (χ4v) is 3.42. The molecule has 1 fully saturated rings. The molecule has 2 aromatic heterocycles. The Balaban J connectivity index is 1.57. The Morgan fingerprint density at radius 3 is 3.00 bits per heavy atom. The second-order valence-corrected chi connectivity index (χ2v) is 6.73. The molecule has 1 saturated carbocycles. The second kappa shape index (κ2) is 7.19. The Kier molecular flexibility index (Phi) is 4.76. The van der Waals surface area contributed by atoms with Crippen molar-refractivity contribution in [3.05, 3.63) is 59.1 Å². The molecule has 1 atom stereocenters. The highest BCUT2D eigenvalue weighted by molar-refractivity contribution is 6.35. The molecule has 0 saturated heterocycles. The molecule has 4 nitrogen and oxygen atoms in total. The minimum Gasteiger partial charge on any atom is -0.470 e. The fourth-order valence-electron chi connectivity index (χ4n) is 3.22. The van der Waals surface area contributed by atoms with Crippen molar-refractivity contribution in [1.82, 2.24) is 9.97 Å². The summed E-state index contributed by atoms with van der Waals surface area (Å²) in [6.45, 7) is -0.0230. The molecule has 1 aromatic carbocycles. The predicted octanol–water partition coefficient (Wildman–Crippen LogP) is 5.60. The molecule has 26 heavy (non-hydrogen) atoms. The van der Waals surface area contributed by atoms with Crippen LogP contribution in [0.5, 0.6) is 5.88 Å². The fraction of sp³-hybridized carbons (Fsp3) is 0.316. The molecule has 135 valence electrons. The first kappa shape index (κ1) is 17.2. The zero-order chi connectivity index (χ0) is 18.1. The zero-order valence-corrected chi connectivity index (χ0v) is 14.6. The summed E-state index contributed by atoms with van der Waals surface area (Å²) >= 11 is 6.04. The van der Waals surface area contributed by atoms with E-state index in [0.717, 1.165) is 31.9 Å². The first-order valence-corrected chi connectivity index (χ1v) is 8.83. The molecule has 0 amide bonds. The Hall–Kier alpha value is -2.21. The maximum absolute atomic E-state index is 14.1. The van der Waals surface area contributed by atoms with Crippen LogP contribution in [0.15, 0.2) is 28.8 Å². The number of rotatable bonds is 4. The number of furan rings is 1. The van der Waals surface area contributed by atoms with Crippen LogP contribution in [0.25, 0.3) is 11.0 Å². The van der Waals surface area contributed by atoms with E-state index in [4.69, 9.17) is 20.8 Å². The van der Waals surface area contributed by atoms with Crippen LogP contribution in [0.3, 0.4) is 0 Å². The van der Waals surface area contributed by atoms with E-state index < -0.39 is 11.8 Å². The minimum atomic E-state index is -0.738. The number of nitrogens with zero attached hydrogens (tertiary/aromatic N) is 2. The molecule has 1 aliphatic carbocycles. The molecule has 0 unspecified atom stereocenters. The van der Waals surface area contributed by atoms with Gasteiger partial charge in [0.15, 0.2) is 0 Å². The van der Waals surface area contributed by atoms with Crippen LogP contribution in [0.1, 0.15) is 43.0 Å². The summed E-state index contributed by atoms with van der Waals surface area (Å²) in [7, 11) is 0. The number of ether oxygens (including phenoxy) is 1. The third-order valence-electron chi connectivity index (χ3n) is 4.55. The van der Waals surface area contributed by atoms with Crippen LogP contribution in [0.4, 0.5) is 8.78 Å². The average Bonchev–Trinajstić information content (AvgIpc) is 3.06. The molecule has 7 heteroatoms. The summed E-state index contributed by atoms with van der Waals surface area (Å²) in [6.07, 6.45) is 7.37. The minimum absolute atomic E-state index is 0.0230. The van der Waals surface area contributed by atoms with Gasteiger partial charge in [-0.05, 0) is 25.3 Å². The lowest BCUT2D eigenvalue weighted by atomic mass is 9.89. The topological polar surface area (TPSA) is 48.2 Å². The van der Waals surface area contributed by atoms with Crippen LogP contribution in [0.2, 0.25) is 5.02 Å². The van der Waals surface area contributed by atoms with E-state index in [-0.39, 0.29) is 24.0 Å². The van der Waals surface area contributed by atoms with Crippen molar-refractivity contribution < 1.29 is 17.9 Å². The van der Waals surface area contributed by atoms with Gasteiger partial charge in [0.2, 0.25) is 5.82 Å². The summed E-state index contributed by atoms with van der Waals surface area (Å²) in [6, 6.07) is 3.75. The van der Waals surface area contributed by atoms with E-state index in [2.05, 4.69) is 16.4 Å². The van der Waals surface area contributed by atoms with Crippen molar-refractivity contribution in [2.24, 2.45) is 0 Å². The summed E-state index contributed by atoms with van der Waals surface area (Å²) in [5.41, 5.74) is 0.838. The van der Waals surface area contributed by atoms with E-state index in [1.165, 1.54) is 6.07 Å². The lowest BCUT2D eigenvalue weighted by molar-refractivity contribution is 0.272. The van der Waals surface area contributed by atoms with Gasteiger partial charge >= 0.3 is 0 Å². The molecule has 1 aliphatic rings. The van der Waals surface area contributed by atoms with E-state index in [1.807, 2.05) is 0 Å². The molecule has 0 aliphatic heterocycles. The van der Waals surface area contributed by atoms with Gasteiger partial charge in [0, 0.05) is 22.9 Å². The van der Waals surface area contributed by atoms with Gasteiger partial charge in [0.05, 0.1) is 11.2 Å². The number of halogens is 3. The van der Waals surface area contributed by atoms with E-state index in [1.54, 1.807) is 12.1 Å². The zero-order valence-electron chi connectivity index (χ0n) is 13.8. The van der Waals surface area contributed by atoms with Crippen molar-refractivity contribution in [2.75, 3.05) is 0 Å². The second-order valence-electron chi connectivity index (χ2n) is 6.32. The quantitative estimate of drug-likeness (QED) is 0.594. The van der Waals surface area contributed by atoms with Gasteiger partial charge in [-0.1, -0.05) is 30.5 Å². The van der Waals surface area contributed by atoms with E-state index in [9.17, 15) is 8.78 Å². The molecule has 2 heterocycles. The first-order chi connectivity index (χ1) is 12.6. The predicted molar refractivity (Wildman–Crippen MR) is 93.0 cm³/mol. The smallest absolute Gasteiger partial charge is 0.278 e. The highest BCUT2D eigenvalue weighted by Gasteiger charge is 2.21. The Morgan fingerprint density at radius 2 is 2.19 bits per heavy atom. The summed E-state index contributed by atoms with van der Waals surface area (Å²) in [5, 5.41) is 0.826. The summed E-state index contributed by atoms with van der Waals surface area (Å²) < 4.78 is 38.1. The number of benzene rings is 1. The Labute approximate surface area is 154 Å². The molecule has 0 bridgehead atoms. The maximum Gasteiger partial charge on any atom is 0.278 e. The maximum atomic E-state index is 14.1. The monoisotopic (exact) mass is 377 g/mol. The van der Waals surface area contributed by atoms with E-state index >= 15 is 0 Å². The number of aromatic nitrogens is 2. The summed E-state index contributed by atoms with van der Waals surface area (Å²) in [5.74, 6) is 0.0239. The van der Waals surface area contributed by atoms with Gasteiger partial charge in [-0.3, -0.25) is 0 Å². The average molecular weight is 378 g/mol. The van der Waals surface area contributed by atoms with Crippen LogP contribution < -0.4 is 4.74 Å². The lowest BCUT2D eigenvalue weighted by Gasteiger charge is -2.20. The highest BCUT2D eigenvalue weighted by atomic mass is 35.5. The van der Waals surface area contributed by atoms with Crippen molar-refractivity contribution in [3.63, 3.8) is 0 Å². The number of hydrogen-bond donors (Lipinski definition) is 0. The van der Waals surface area contributed by atoms with Gasteiger partial charge in [-0.25, -0.2) is 4.98 Å². The van der Waals surface area contributed by atoms with Gasteiger partial charge in [-0.15, -0.1) is 0 Å². The normalized spacial score (nSPS) is 15.5. The van der Waals surface area contributed by atoms with Gasteiger partial charge in [0.1, 0.15) is 18.0 Å². The molecular weight excluding hydrogens is 362 g/mol. The standard InChI is InChI=1S/C19H16ClF2N2O2/c20-14-7-6-12(17-13(14)8-16(22)26-17)10-25-19-15(21)9-23-18(24-19)11-4-2-1-3-5-11/h2,6-9,11H,1,3-5,10H2/t11-/m0/s1. The molecule has 0 N–H and O–H groups in total. The molecule has 4 rings (SSSR count). The van der Waals surface area contributed by atoms with Crippen molar-refractivity contribution in [2.45, 2.75) is 38.2 Å². The van der Waals surface area contributed by atoms with Gasteiger partial charge in [-0.2, -0.15) is 13.8 Å². The van der Waals surface area contributed by atoms with Crippen molar-refractivity contribution >= 4 is 22.6 Å². The molecule has 0 spiro atoms. The van der Waals surface area contributed by atoms with Crippen molar-refractivity contribution in [3.8, 4) is 5.88 Å². The third kappa shape index (κ3) is 3.38. The van der Waals surface area contributed by atoms with Crippen LogP contribution >= 0.6 is 11.6 Å². The van der Waals surface area contributed by atoms with Gasteiger partial charge < -0.3 is 9.15 Å². The lowest BCUT2D eigenvalue weighted by Crippen LogP contribution is -2.11. The van der Waals surface area contributed by atoms with Gasteiger partial charge in [0.25, 0.3) is 11.9 Å². The molecule has 3 aromatic rings. The number of fused-ring (bicyclic) bond motifs is 1. The van der Waals surface area contributed by atoms with Crippen LogP contribution in [-0.4, -0.2) is 9.97 Å². The van der Waals surface area contributed by atoms with Crippen LogP contribution in [-0.2, 0) is 6.61 Å². The van der Waals surface area contributed by atoms with E-state index in [0.29, 0.717) is 21.8 Å². The first-order valence-electron chi connectivity index (χ1n) is 8.45. The molecular formula is C19H16ClF2N2O2. The molecule has 1 radical (unpaired) electrons. The summed E-state index contributed by atoms with van der Waals surface area (Å²) in [4.78, 5) is 8.37. The largest absolute Gasteiger partial charge is 0.470 e. The third-order valence-corrected chi connectivity index (χ3v) is 4.88. The SMILES string of the molecule is Fc1cc2c(Cl)ccc(COc3nc([C@H]4C[CH]CCC4)ncc3F)c2o1. The van der Waals surface area contributed by atoms with Crippen molar-refractivity contribution in [1.29, 1.82) is 0 Å². The van der Waals surface area contributed by atoms with Crippen LogP contribution in [0, 0.1) is 18.3 Å². The Bertz CT molecular complexity index is 939. The number of hydrogen-bond acceptors (Lipinski definition) is 4.